The molecule has 1 N–H and O–H groups in total. The van der Waals surface area contributed by atoms with Crippen LogP contribution in [0.1, 0.15) is 43.7 Å². The lowest BCUT2D eigenvalue weighted by Crippen LogP contribution is -2.20. The van der Waals surface area contributed by atoms with Crippen LogP contribution in [-0.2, 0) is 4.79 Å². The fourth-order valence-electron chi connectivity index (χ4n) is 3.90. The van der Waals surface area contributed by atoms with E-state index in [2.05, 4.69) is 25.3 Å². The molecule has 0 aliphatic heterocycles. The predicted molar refractivity (Wildman–Crippen MR) is 132 cm³/mol. The van der Waals surface area contributed by atoms with Gasteiger partial charge in [-0.2, -0.15) is 5.10 Å². The number of hydrazone groups is 1. The number of nitrogens with one attached hydrogen (secondary N) is 1. The maximum absolute atomic E-state index is 12.4. The summed E-state index contributed by atoms with van der Waals surface area (Å²) in [5, 5.41) is 14.4. The Morgan fingerprint density at radius 3 is 2.76 bits per heavy atom. The third-order valence-corrected chi connectivity index (χ3v) is 6.73. The number of hydrogen-bond donors (Lipinski definition) is 1. The molecule has 0 atom stereocenters. The molecule has 1 heterocycles. The summed E-state index contributed by atoms with van der Waals surface area (Å²) in [4.78, 5) is 12.4. The van der Waals surface area contributed by atoms with Gasteiger partial charge in [0.15, 0.2) is 11.0 Å². The number of ether oxygens (including phenoxy) is 1. The van der Waals surface area contributed by atoms with Crippen molar-refractivity contribution < 1.29 is 9.53 Å². The molecule has 33 heavy (non-hydrogen) atoms. The Hall–Kier alpha value is -2.84. The molecule has 0 radical (unpaired) electrons. The number of benzene rings is 2. The lowest BCUT2D eigenvalue weighted by molar-refractivity contribution is -0.118. The Kier molecular flexibility index (Phi) is 8.01. The zero-order valence-corrected chi connectivity index (χ0v) is 20.0. The van der Waals surface area contributed by atoms with E-state index >= 15 is 0 Å². The van der Waals surface area contributed by atoms with Gasteiger partial charge in [0.2, 0.25) is 0 Å². The number of rotatable bonds is 8. The van der Waals surface area contributed by atoms with Gasteiger partial charge in [-0.1, -0.05) is 54.8 Å². The SMILES string of the molecule is COc1cccc(/C=N/NC(=O)CSc2nnc(-c3ccc(Cl)cc3)n2C2CCCCC2)c1. The van der Waals surface area contributed by atoms with Gasteiger partial charge in [-0.3, -0.25) is 9.36 Å². The first-order chi connectivity index (χ1) is 16.1. The van der Waals surface area contributed by atoms with Crippen LogP contribution in [-0.4, -0.2) is 39.7 Å². The average molecular weight is 484 g/mol. The molecule has 1 aliphatic rings. The number of amides is 1. The van der Waals surface area contributed by atoms with Gasteiger partial charge >= 0.3 is 0 Å². The number of methoxy groups -OCH3 is 1. The van der Waals surface area contributed by atoms with Gasteiger partial charge in [-0.15, -0.1) is 10.2 Å². The van der Waals surface area contributed by atoms with Crippen LogP contribution in [0.4, 0.5) is 0 Å². The Bertz CT molecular complexity index is 1110. The molecule has 0 saturated heterocycles. The topological polar surface area (TPSA) is 81.4 Å². The molecule has 1 aliphatic carbocycles. The third kappa shape index (κ3) is 6.15. The fraction of sp³-hybridized carbons (Fsp3) is 0.333. The fourth-order valence-corrected chi connectivity index (χ4v) is 4.83. The van der Waals surface area contributed by atoms with Crippen molar-refractivity contribution in [2.45, 2.75) is 43.3 Å². The maximum atomic E-state index is 12.4. The van der Waals surface area contributed by atoms with Crippen molar-refractivity contribution in [1.29, 1.82) is 0 Å². The highest BCUT2D eigenvalue weighted by molar-refractivity contribution is 7.99. The molecule has 9 heteroatoms. The second-order valence-corrected chi connectivity index (χ2v) is 9.21. The molecule has 0 spiro atoms. The van der Waals surface area contributed by atoms with E-state index in [0.717, 1.165) is 40.7 Å². The lowest BCUT2D eigenvalue weighted by atomic mass is 9.95. The first-order valence-electron chi connectivity index (χ1n) is 10.9. The minimum Gasteiger partial charge on any atom is -0.497 e. The van der Waals surface area contributed by atoms with Gasteiger partial charge in [0, 0.05) is 16.6 Å². The Morgan fingerprint density at radius 1 is 1.21 bits per heavy atom. The van der Waals surface area contributed by atoms with Gasteiger partial charge in [-0.05, 0) is 54.8 Å². The van der Waals surface area contributed by atoms with Gasteiger partial charge in [-0.25, -0.2) is 5.43 Å². The van der Waals surface area contributed by atoms with E-state index in [-0.39, 0.29) is 11.7 Å². The standard InChI is InChI=1S/C24H26ClN5O2S/c1-32-21-9-5-6-17(14-21)15-26-27-22(31)16-33-24-29-28-23(18-10-12-19(25)13-11-18)30(24)20-7-3-2-4-8-20/h5-6,9-15,20H,2-4,7-8,16H2,1H3,(H,27,31)/b26-15+. The molecule has 4 rings (SSSR count). The summed E-state index contributed by atoms with van der Waals surface area (Å²) in [5.41, 5.74) is 4.39. The van der Waals surface area contributed by atoms with E-state index in [1.54, 1.807) is 13.3 Å². The molecule has 7 nitrogen and oxygen atoms in total. The number of aromatic nitrogens is 3. The Labute approximate surface area is 202 Å². The smallest absolute Gasteiger partial charge is 0.250 e. The predicted octanol–water partition coefficient (Wildman–Crippen LogP) is 5.35. The molecule has 0 unspecified atom stereocenters. The zero-order chi connectivity index (χ0) is 23.0. The van der Waals surface area contributed by atoms with Crippen molar-refractivity contribution in [3.05, 3.63) is 59.1 Å². The summed E-state index contributed by atoms with van der Waals surface area (Å²) >= 11 is 7.44. The van der Waals surface area contributed by atoms with Crippen LogP contribution in [0.3, 0.4) is 0 Å². The number of carbonyl (C=O) groups excluding carboxylic acids is 1. The second kappa shape index (κ2) is 11.3. The zero-order valence-electron chi connectivity index (χ0n) is 18.4. The highest BCUT2D eigenvalue weighted by Gasteiger charge is 2.24. The Morgan fingerprint density at radius 2 is 2.00 bits per heavy atom. The van der Waals surface area contributed by atoms with E-state index in [1.165, 1.54) is 31.0 Å². The molecule has 1 aromatic heterocycles. The summed E-state index contributed by atoms with van der Waals surface area (Å²) in [6.45, 7) is 0. The molecule has 0 bridgehead atoms. The van der Waals surface area contributed by atoms with Gasteiger partial charge in [0.1, 0.15) is 5.75 Å². The third-order valence-electron chi connectivity index (χ3n) is 5.54. The van der Waals surface area contributed by atoms with Crippen LogP contribution < -0.4 is 10.2 Å². The quantitative estimate of drug-likeness (QED) is 0.265. The minimum atomic E-state index is -0.203. The molecule has 172 valence electrons. The van der Waals surface area contributed by atoms with E-state index in [9.17, 15) is 4.79 Å². The molecular formula is C24H26ClN5O2S. The Balaban J connectivity index is 1.44. The number of halogens is 1. The van der Waals surface area contributed by atoms with Crippen LogP contribution in [0.25, 0.3) is 11.4 Å². The molecule has 1 fully saturated rings. The normalized spacial score (nSPS) is 14.5. The number of nitrogens with zero attached hydrogens (tertiary/aromatic N) is 4. The van der Waals surface area contributed by atoms with Crippen LogP contribution in [0.15, 0.2) is 58.8 Å². The first-order valence-corrected chi connectivity index (χ1v) is 12.3. The van der Waals surface area contributed by atoms with Gasteiger partial charge in [0.05, 0.1) is 19.1 Å². The molecular weight excluding hydrogens is 458 g/mol. The number of carbonyl (C=O) groups is 1. The van der Waals surface area contributed by atoms with Gasteiger partial charge in [0.25, 0.3) is 5.91 Å². The highest BCUT2D eigenvalue weighted by Crippen LogP contribution is 2.35. The van der Waals surface area contributed by atoms with E-state index in [4.69, 9.17) is 16.3 Å². The van der Waals surface area contributed by atoms with Crippen LogP contribution in [0, 0.1) is 0 Å². The van der Waals surface area contributed by atoms with Crippen molar-refractivity contribution >= 4 is 35.5 Å². The summed E-state index contributed by atoms with van der Waals surface area (Å²) in [5.74, 6) is 1.54. The van der Waals surface area contributed by atoms with Crippen molar-refractivity contribution in [1.82, 2.24) is 20.2 Å². The minimum absolute atomic E-state index is 0.195. The molecule has 2 aromatic carbocycles. The highest BCUT2D eigenvalue weighted by atomic mass is 35.5. The van der Waals surface area contributed by atoms with Crippen molar-refractivity contribution in [3.8, 4) is 17.1 Å². The monoisotopic (exact) mass is 483 g/mol. The van der Waals surface area contributed by atoms with Crippen molar-refractivity contribution in [2.24, 2.45) is 5.10 Å². The number of thioether (sulfide) groups is 1. The van der Waals surface area contributed by atoms with Crippen molar-refractivity contribution in [2.75, 3.05) is 12.9 Å². The second-order valence-electron chi connectivity index (χ2n) is 7.83. The molecule has 1 amide bonds. The summed E-state index contributed by atoms with van der Waals surface area (Å²) < 4.78 is 7.39. The largest absolute Gasteiger partial charge is 0.497 e. The number of hydrogen-bond acceptors (Lipinski definition) is 6. The lowest BCUT2D eigenvalue weighted by Gasteiger charge is -2.25. The van der Waals surface area contributed by atoms with E-state index in [0.29, 0.717) is 11.1 Å². The summed E-state index contributed by atoms with van der Waals surface area (Å²) in [6.07, 6.45) is 7.39. The summed E-state index contributed by atoms with van der Waals surface area (Å²) in [7, 11) is 1.61. The van der Waals surface area contributed by atoms with E-state index in [1.807, 2.05) is 48.5 Å². The average Bonchev–Trinajstić information content (AvgIpc) is 3.28. The van der Waals surface area contributed by atoms with Crippen LogP contribution in [0.2, 0.25) is 5.02 Å². The first kappa shape index (κ1) is 23.3. The maximum Gasteiger partial charge on any atom is 0.250 e. The molecule has 3 aromatic rings. The van der Waals surface area contributed by atoms with Crippen LogP contribution >= 0.6 is 23.4 Å². The summed E-state index contributed by atoms with van der Waals surface area (Å²) in [6, 6.07) is 15.4. The molecule has 1 saturated carbocycles. The van der Waals surface area contributed by atoms with Crippen LogP contribution in [0.5, 0.6) is 5.75 Å². The van der Waals surface area contributed by atoms with Gasteiger partial charge < -0.3 is 4.74 Å². The van der Waals surface area contributed by atoms with Crippen molar-refractivity contribution in [3.63, 3.8) is 0 Å². The van der Waals surface area contributed by atoms with E-state index < -0.39 is 0 Å².